The number of nitrogens with zero attached hydrogens (tertiary/aromatic N) is 2. The lowest BCUT2D eigenvalue weighted by molar-refractivity contribution is 0.593. The van der Waals surface area contributed by atoms with Crippen LogP contribution in [0.1, 0.15) is 18.7 Å². The Morgan fingerprint density at radius 3 is 2.91 bits per heavy atom. The fraction of sp³-hybridized carbons (Fsp3) is 0.714. The first kappa shape index (κ1) is 6.64. The number of nitrogens with one attached hydrogen (secondary N) is 1. The van der Waals surface area contributed by atoms with Crippen LogP contribution in [0.25, 0.3) is 0 Å². The van der Waals surface area contributed by atoms with Gasteiger partial charge in [-0.15, -0.1) is 0 Å². The molecule has 0 bridgehead atoms. The summed E-state index contributed by atoms with van der Waals surface area (Å²) in [4.78, 5) is 11.0. The van der Waals surface area contributed by atoms with E-state index in [-0.39, 0.29) is 5.69 Å². The second-order valence-electron chi connectivity index (χ2n) is 3.13. The maximum absolute atomic E-state index is 11.0. The Morgan fingerprint density at radius 2 is 2.45 bits per heavy atom. The normalized spacial score (nSPS) is 17.2. The molecule has 1 N–H and O–H groups in total. The molecule has 1 fully saturated rings. The summed E-state index contributed by atoms with van der Waals surface area (Å²) in [5.41, 5.74) is -0.0746. The van der Waals surface area contributed by atoms with Crippen molar-refractivity contribution in [1.29, 1.82) is 0 Å². The fourth-order valence-electron chi connectivity index (χ4n) is 1.17. The highest BCUT2D eigenvalue weighted by molar-refractivity contribution is 4.84. The van der Waals surface area contributed by atoms with Crippen LogP contribution in [0.4, 0.5) is 0 Å². The Morgan fingerprint density at radius 1 is 1.73 bits per heavy atom. The van der Waals surface area contributed by atoms with Crippen molar-refractivity contribution in [3.63, 3.8) is 0 Å². The lowest BCUT2D eigenvalue weighted by Gasteiger charge is -1.97. The largest absolute Gasteiger partial charge is 0.343 e. The third kappa shape index (κ3) is 1.20. The van der Waals surface area contributed by atoms with Gasteiger partial charge in [0.1, 0.15) is 5.82 Å². The molecule has 1 aromatic heterocycles. The van der Waals surface area contributed by atoms with E-state index < -0.39 is 0 Å². The molecule has 1 saturated carbocycles. The smallest absolute Gasteiger partial charge is 0.279 e. The van der Waals surface area contributed by atoms with E-state index in [4.69, 9.17) is 0 Å². The van der Waals surface area contributed by atoms with Gasteiger partial charge in [-0.2, -0.15) is 5.10 Å². The molecule has 4 heteroatoms. The van der Waals surface area contributed by atoms with Crippen LogP contribution in [0.3, 0.4) is 0 Å². The number of hydrogen-bond donors (Lipinski definition) is 1. The Labute approximate surface area is 64.2 Å². The van der Waals surface area contributed by atoms with Crippen LogP contribution < -0.4 is 5.69 Å². The van der Waals surface area contributed by atoms with E-state index in [1.807, 2.05) is 6.92 Å². The van der Waals surface area contributed by atoms with E-state index in [9.17, 15) is 4.79 Å². The topological polar surface area (TPSA) is 50.7 Å². The summed E-state index contributed by atoms with van der Waals surface area (Å²) in [6.45, 7) is 2.70. The van der Waals surface area contributed by atoms with Crippen LogP contribution in [0.15, 0.2) is 4.79 Å². The third-order valence-corrected chi connectivity index (χ3v) is 2.09. The highest BCUT2D eigenvalue weighted by Gasteiger charge is 2.23. The van der Waals surface area contributed by atoms with Gasteiger partial charge in [0.15, 0.2) is 0 Å². The summed E-state index contributed by atoms with van der Waals surface area (Å²) in [6.07, 6.45) is 2.52. The average molecular weight is 153 g/mol. The van der Waals surface area contributed by atoms with Gasteiger partial charge in [-0.1, -0.05) is 0 Å². The van der Waals surface area contributed by atoms with E-state index in [2.05, 4.69) is 10.2 Å². The number of aromatic amines is 1. The Kier molecular flexibility index (Phi) is 1.34. The van der Waals surface area contributed by atoms with Crippen LogP contribution in [0.2, 0.25) is 0 Å². The number of aromatic nitrogens is 3. The van der Waals surface area contributed by atoms with Crippen LogP contribution in [-0.4, -0.2) is 14.8 Å². The molecule has 1 aliphatic carbocycles. The predicted octanol–water partition coefficient (Wildman–Crippen LogP) is 0.290. The summed E-state index contributed by atoms with van der Waals surface area (Å²) < 4.78 is 1.71. The lowest BCUT2D eigenvalue weighted by Crippen LogP contribution is -2.18. The van der Waals surface area contributed by atoms with Crippen LogP contribution in [0.5, 0.6) is 0 Å². The van der Waals surface area contributed by atoms with Gasteiger partial charge in [0.25, 0.3) is 0 Å². The molecular formula is C7H11N3O. The Hall–Kier alpha value is -1.06. The van der Waals surface area contributed by atoms with E-state index in [0.29, 0.717) is 0 Å². The molecule has 4 nitrogen and oxygen atoms in total. The predicted molar refractivity (Wildman–Crippen MR) is 40.3 cm³/mol. The molecular weight excluding hydrogens is 142 g/mol. The standard InChI is InChI=1S/C7H11N3O/c1-5-8-9-7(11)10(5)4-6-2-3-6/h6H,2-4H2,1H3,(H,9,11). The molecule has 0 spiro atoms. The molecule has 0 aromatic carbocycles. The minimum Gasteiger partial charge on any atom is -0.279 e. The molecule has 2 rings (SSSR count). The SMILES string of the molecule is Cc1n[nH]c(=O)n1CC1CC1. The third-order valence-electron chi connectivity index (χ3n) is 2.09. The van der Waals surface area contributed by atoms with Gasteiger partial charge in [0.05, 0.1) is 0 Å². The molecule has 60 valence electrons. The first-order valence-electron chi connectivity index (χ1n) is 3.89. The van der Waals surface area contributed by atoms with E-state index in [1.54, 1.807) is 4.57 Å². The van der Waals surface area contributed by atoms with Gasteiger partial charge < -0.3 is 0 Å². The van der Waals surface area contributed by atoms with Crippen molar-refractivity contribution in [2.75, 3.05) is 0 Å². The van der Waals surface area contributed by atoms with Crippen molar-refractivity contribution in [2.24, 2.45) is 5.92 Å². The van der Waals surface area contributed by atoms with Crippen molar-refractivity contribution in [3.8, 4) is 0 Å². The van der Waals surface area contributed by atoms with Crippen molar-refractivity contribution in [1.82, 2.24) is 14.8 Å². The molecule has 0 aliphatic heterocycles. The van der Waals surface area contributed by atoms with Gasteiger partial charge in [0, 0.05) is 6.54 Å². The summed E-state index contributed by atoms with van der Waals surface area (Å²) in [6, 6.07) is 0. The van der Waals surface area contributed by atoms with Crippen LogP contribution in [-0.2, 0) is 6.54 Å². The average Bonchev–Trinajstić information content (AvgIpc) is 2.73. The molecule has 1 aliphatic rings. The van der Waals surface area contributed by atoms with Crippen LogP contribution in [0, 0.1) is 12.8 Å². The fourth-order valence-corrected chi connectivity index (χ4v) is 1.17. The Balaban J connectivity index is 2.26. The minimum absolute atomic E-state index is 0.0746. The molecule has 1 aromatic rings. The molecule has 0 atom stereocenters. The van der Waals surface area contributed by atoms with E-state index in [0.717, 1.165) is 18.3 Å². The molecule has 1 heterocycles. The first-order chi connectivity index (χ1) is 5.27. The van der Waals surface area contributed by atoms with Crippen molar-refractivity contribution >= 4 is 0 Å². The highest BCUT2D eigenvalue weighted by atomic mass is 16.1. The second-order valence-corrected chi connectivity index (χ2v) is 3.13. The lowest BCUT2D eigenvalue weighted by atomic mass is 10.4. The summed E-state index contributed by atoms with van der Waals surface area (Å²) in [5.74, 6) is 1.52. The summed E-state index contributed by atoms with van der Waals surface area (Å²) in [7, 11) is 0. The molecule has 0 radical (unpaired) electrons. The number of H-pyrrole nitrogens is 1. The van der Waals surface area contributed by atoms with Gasteiger partial charge in [-0.3, -0.25) is 4.57 Å². The zero-order valence-corrected chi connectivity index (χ0v) is 6.50. The number of aryl methyl sites for hydroxylation is 1. The van der Waals surface area contributed by atoms with E-state index >= 15 is 0 Å². The second kappa shape index (κ2) is 2.22. The van der Waals surface area contributed by atoms with Crippen molar-refractivity contribution in [2.45, 2.75) is 26.3 Å². The first-order valence-corrected chi connectivity index (χ1v) is 3.89. The van der Waals surface area contributed by atoms with Crippen molar-refractivity contribution in [3.05, 3.63) is 16.3 Å². The van der Waals surface area contributed by atoms with Gasteiger partial charge in [-0.25, -0.2) is 9.89 Å². The monoisotopic (exact) mass is 153 g/mol. The van der Waals surface area contributed by atoms with Gasteiger partial charge in [-0.05, 0) is 25.7 Å². The maximum Gasteiger partial charge on any atom is 0.343 e. The minimum atomic E-state index is -0.0746. The van der Waals surface area contributed by atoms with Gasteiger partial charge in [0.2, 0.25) is 0 Å². The highest BCUT2D eigenvalue weighted by Crippen LogP contribution is 2.30. The number of rotatable bonds is 2. The summed E-state index contributed by atoms with van der Waals surface area (Å²) >= 11 is 0. The summed E-state index contributed by atoms with van der Waals surface area (Å²) in [5, 5.41) is 6.25. The van der Waals surface area contributed by atoms with Crippen LogP contribution >= 0.6 is 0 Å². The molecule has 0 amide bonds. The van der Waals surface area contributed by atoms with E-state index in [1.165, 1.54) is 12.8 Å². The zero-order valence-electron chi connectivity index (χ0n) is 6.50. The zero-order chi connectivity index (χ0) is 7.84. The maximum atomic E-state index is 11.0. The van der Waals surface area contributed by atoms with Crippen molar-refractivity contribution < 1.29 is 0 Å². The quantitative estimate of drug-likeness (QED) is 0.664. The molecule has 0 saturated heterocycles. The molecule has 0 unspecified atom stereocenters. The number of hydrogen-bond acceptors (Lipinski definition) is 2. The molecule has 11 heavy (non-hydrogen) atoms. The Bertz CT molecular complexity index is 308. The van der Waals surface area contributed by atoms with Gasteiger partial charge >= 0.3 is 5.69 Å².